The van der Waals surface area contributed by atoms with Crippen LogP contribution in [0.4, 0.5) is 0 Å². The predicted molar refractivity (Wildman–Crippen MR) is 70.7 cm³/mol. The Bertz CT molecular complexity index is 534. The van der Waals surface area contributed by atoms with Gasteiger partial charge in [-0.1, -0.05) is 0 Å². The second kappa shape index (κ2) is 4.86. The van der Waals surface area contributed by atoms with Crippen molar-refractivity contribution < 1.29 is 24.1 Å². The molecule has 1 unspecified atom stereocenters. The molecule has 2 heterocycles. The summed E-state index contributed by atoms with van der Waals surface area (Å²) in [4.78, 5) is 11.0. The monoisotopic (exact) mass is 279 g/mol. The van der Waals surface area contributed by atoms with Gasteiger partial charge in [0.1, 0.15) is 11.8 Å². The second-order valence-electron chi connectivity index (χ2n) is 4.97. The number of fused-ring (bicyclic) bond motifs is 2. The molecule has 6 nitrogen and oxygen atoms in total. The first-order valence-corrected chi connectivity index (χ1v) is 6.62. The van der Waals surface area contributed by atoms with E-state index in [1.165, 1.54) is 0 Å². The molecular weight excluding hydrogens is 262 g/mol. The summed E-state index contributed by atoms with van der Waals surface area (Å²) < 4.78 is 16.8. The highest BCUT2D eigenvalue weighted by molar-refractivity contribution is 5.75. The van der Waals surface area contributed by atoms with Gasteiger partial charge in [-0.2, -0.15) is 0 Å². The zero-order valence-electron chi connectivity index (χ0n) is 11.3. The molecule has 0 fully saturated rings. The first kappa shape index (κ1) is 13.1. The van der Waals surface area contributed by atoms with E-state index in [9.17, 15) is 4.79 Å². The first-order valence-electron chi connectivity index (χ1n) is 6.62. The zero-order valence-corrected chi connectivity index (χ0v) is 11.3. The first-order chi connectivity index (χ1) is 9.63. The maximum absolute atomic E-state index is 11.0. The highest BCUT2D eigenvalue weighted by Crippen LogP contribution is 2.49. The average molecular weight is 279 g/mol. The fourth-order valence-electron chi connectivity index (χ4n) is 2.90. The lowest BCUT2D eigenvalue weighted by molar-refractivity contribution is -0.138. The number of methoxy groups -OCH3 is 1. The van der Waals surface area contributed by atoms with Crippen LogP contribution in [0.5, 0.6) is 17.2 Å². The molecule has 2 aliphatic rings. The van der Waals surface area contributed by atoms with Crippen molar-refractivity contribution in [2.45, 2.75) is 25.3 Å². The van der Waals surface area contributed by atoms with E-state index in [2.05, 4.69) is 0 Å². The molecule has 6 heteroatoms. The van der Waals surface area contributed by atoms with Crippen LogP contribution in [0.3, 0.4) is 0 Å². The molecule has 0 bridgehead atoms. The van der Waals surface area contributed by atoms with E-state index in [1.54, 1.807) is 7.11 Å². The number of carboxylic acids is 1. The van der Waals surface area contributed by atoms with E-state index in [0.717, 1.165) is 46.8 Å². The zero-order chi connectivity index (χ0) is 14.3. The molecule has 0 aromatic heterocycles. The largest absolute Gasteiger partial charge is 0.493 e. The molecule has 0 amide bonds. The molecule has 0 saturated heterocycles. The number of hydrogen-bond acceptors (Lipinski definition) is 5. The normalized spacial score (nSPS) is 16.9. The third-order valence-electron chi connectivity index (χ3n) is 3.81. The Morgan fingerprint density at radius 2 is 1.95 bits per heavy atom. The molecule has 0 radical (unpaired) electrons. The van der Waals surface area contributed by atoms with Crippen molar-refractivity contribution in [3.8, 4) is 17.2 Å². The van der Waals surface area contributed by atoms with Crippen molar-refractivity contribution in [1.29, 1.82) is 0 Å². The number of hydrogen-bond donors (Lipinski definition) is 2. The molecule has 0 spiro atoms. The summed E-state index contributed by atoms with van der Waals surface area (Å²) >= 11 is 0. The van der Waals surface area contributed by atoms with E-state index in [4.69, 9.17) is 25.1 Å². The highest BCUT2D eigenvalue weighted by Gasteiger charge is 2.33. The summed E-state index contributed by atoms with van der Waals surface area (Å²) in [5.41, 5.74) is 8.47. The van der Waals surface area contributed by atoms with Crippen LogP contribution in [0.25, 0.3) is 0 Å². The molecule has 108 valence electrons. The van der Waals surface area contributed by atoms with E-state index < -0.39 is 12.0 Å². The fraction of sp³-hybridized carbons (Fsp3) is 0.500. The van der Waals surface area contributed by atoms with Gasteiger partial charge in [0.25, 0.3) is 0 Å². The summed E-state index contributed by atoms with van der Waals surface area (Å²) in [5, 5.41) is 9.02. The Labute approximate surface area is 116 Å². The number of aliphatic carboxylic acids is 1. The van der Waals surface area contributed by atoms with Gasteiger partial charge in [-0.15, -0.1) is 0 Å². The van der Waals surface area contributed by atoms with Crippen molar-refractivity contribution in [2.75, 3.05) is 20.3 Å². The SMILES string of the molecule is COc1c2c(c(CC(N)C(=O)O)c3c1OCC3)OCC2. The van der Waals surface area contributed by atoms with E-state index in [-0.39, 0.29) is 6.42 Å². The summed E-state index contributed by atoms with van der Waals surface area (Å²) in [6, 6.07) is -0.943. The smallest absolute Gasteiger partial charge is 0.320 e. The number of ether oxygens (including phenoxy) is 3. The Morgan fingerprint density at radius 3 is 2.60 bits per heavy atom. The van der Waals surface area contributed by atoms with Crippen LogP contribution in [0.15, 0.2) is 0 Å². The lowest BCUT2D eigenvalue weighted by atomic mass is 9.94. The van der Waals surface area contributed by atoms with Crippen LogP contribution in [-0.4, -0.2) is 37.4 Å². The highest BCUT2D eigenvalue weighted by atomic mass is 16.5. The van der Waals surface area contributed by atoms with Gasteiger partial charge >= 0.3 is 5.97 Å². The lowest BCUT2D eigenvalue weighted by Crippen LogP contribution is -2.32. The number of rotatable bonds is 4. The van der Waals surface area contributed by atoms with Gasteiger partial charge < -0.3 is 25.1 Å². The Hall–Kier alpha value is -1.95. The Morgan fingerprint density at radius 1 is 1.30 bits per heavy atom. The van der Waals surface area contributed by atoms with Crippen LogP contribution in [-0.2, 0) is 24.1 Å². The van der Waals surface area contributed by atoms with Gasteiger partial charge in [0.2, 0.25) is 0 Å². The van der Waals surface area contributed by atoms with Crippen LogP contribution < -0.4 is 19.9 Å². The number of carboxylic acid groups (broad SMARTS) is 1. The molecule has 3 N–H and O–H groups in total. The van der Waals surface area contributed by atoms with Gasteiger partial charge in [-0.25, -0.2) is 0 Å². The van der Waals surface area contributed by atoms with Crippen LogP contribution in [0.1, 0.15) is 16.7 Å². The fourth-order valence-corrected chi connectivity index (χ4v) is 2.90. The summed E-state index contributed by atoms with van der Waals surface area (Å²) in [7, 11) is 1.61. The summed E-state index contributed by atoms with van der Waals surface area (Å²) in [5.74, 6) is 1.17. The maximum atomic E-state index is 11.0. The van der Waals surface area contributed by atoms with Crippen LogP contribution in [0, 0.1) is 0 Å². The van der Waals surface area contributed by atoms with Gasteiger partial charge in [0.05, 0.1) is 20.3 Å². The van der Waals surface area contributed by atoms with Gasteiger partial charge in [0.15, 0.2) is 11.5 Å². The molecule has 1 aromatic rings. The van der Waals surface area contributed by atoms with E-state index >= 15 is 0 Å². The molecule has 0 aliphatic carbocycles. The molecule has 3 rings (SSSR count). The quantitative estimate of drug-likeness (QED) is 0.835. The van der Waals surface area contributed by atoms with Crippen molar-refractivity contribution in [2.24, 2.45) is 5.73 Å². The molecule has 20 heavy (non-hydrogen) atoms. The second-order valence-corrected chi connectivity index (χ2v) is 4.97. The third-order valence-corrected chi connectivity index (χ3v) is 3.81. The van der Waals surface area contributed by atoms with Gasteiger partial charge in [-0.05, 0) is 0 Å². The minimum absolute atomic E-state index is 0.243. The van der Waals surface area contributed by atoms with Crippen molar-refractivity contribution in [3.05, 3.63) is 16.7 Å². The summed E-state index contributed by atoms with van der Waals surface area (Å²) in [6.07, 6.45) is 1.71. The third kappa shape index (κ3) is 1.87. The molecular formula is C14H17NO5. The van der Waals surface area contributed by atoms with Crippen LogP contribution >= 0.6 is 0 Å². The van der Waals surface area contributed by atoms with Crippen molar-refractivity contribution >= 4 is 5.97 Å². The maximum Gasteiger partial charge on any atom is 0.320 e. The average Bonchev–Trinajstić information content (AvgIpc) is 3.06. The Balaban J connectivity index is 2.12. The number of carbonyl (C=O) groups is 1. The predicted octanol–water partition coefficient (Wildman–Crippen LogP) is 0.519. The minimum Gasteiger partial charge on any atom is -0.493 e. The van der Waals surface area contributed by atoms with Crippen LogP contribution in [0.2, 0.25) is 0 Å². The van der Waals surface area contributed by atoms with E-state index in [1.807, 2.05) is 0 Å². The standard InChI is InChI=1S/C14H17NO5/c1-18-12-8-3-5-19-11(8)9(6-10(15)14(16)17)7-2-4-20-13(7)12/h10H,2-6,15H2,1H3,(H,16,17). The van der Waals surface area contributed by atoms with Gasteiger partial charge in [-0.3, -0.25) is 4.79 Å². The molecule has 1 atom stereocenters. The molecule has 2 aliphatic heterocycles. The van der Waals surface area contributed by atoms with E-state index in [0.29, 0.717) is 13.2 Å². The molecule has 0 saturated carbocycles. The molecule has 1 aromatic carbocycles. The Kier molecular flexibility index (Phi) is 3.17. The number of benzene rings is 1. The van der Waals surface area contributed by atoms with Gasteiger partial charge in [0, 0.05) is 36.0 Å². The lowest BCUT2D eigenvalue weighted by Gasteiger charge is -2.17. The van der Waals surface area contributed by atoms with Crippen molar-refractivity contribution in [3.63, 3.8) is 0 Å². The summed E-state index contributed by atoms with van der Waals surface area (Å²) in [6.45, 7) is 1.15. The van der Waals surface area contributed by atoms with Crippen molar-refractivity contribution in [1.82, 2.24) is 0 Å². The minimum atomic E-state index is -1.01. The topological polar surface area (TPSA) is 91.0 Å². The number of nitrogens with two attached hydrogens (primary N) is 1.